The van der Waals surface area contributed by atoms with Gasteiger partial charge < -0.3 is 0 Å². The van der Waals surface area contributed by atoms with Gasteiger partial charge in [0.25, 0.3) is 20.0 Å². The maximum absolute atomic E-state index is 12.7. The van der Waals surface area contributed by atoms with Crippen LogP contribution in [-0.2, 0) is 20.0 Å². The first-order valence-electron chi connectivity index (χ1n) is 9.15. The second kappa shape index (κ2) is 8.08. The molecule has 2 N–H and O–H groups in total. The van der Waals surface area contributed by atoms with Crippen LogP contribution in [0.2, 0.25) is 0 Å². The first kappa shape index (κ1) is 21.8. The summed E-state index contributed by atoms with van der Waals surface area (Å²) >= 11 is 0. The topological polar surface area (TPSA) is 105 Å². The Balaban J connectivity index is 1.85. The number of pyridine rings is 1. The molecule has 1 aromatic heterocycles. The van der Waals surface area contributed by atoms with Gasteiger partial charge in [-0.3, -0.25) is 9.44 Å². The number of benzene rings is 2. The largest absolute Gasteiger partial charge is 0.263 e. The predicted molar refractivity (Wildman–Crippen MR) is 118 cm³/mol. The van der Waals surface area contributed by atoms with Crippen LogP contribution >= 0.6 is 0 Å². The van der Waals surface area contributed by atoms with E-state index in [4.69, 9.17) is 0 Å². The minimum atomic E-state index is -3.87. The molecule has 0 saturated heterocycles. The van der Waals surface area contributed by atoms with E-state index in [0.29, 0.717) is 0 Å². The molecule has 1 heterocycles. The van der Waals surface area contributed by atoms with Gasteiger partial charge in [-0.2, -0.15) is 0 Å². The van der Waals surface area contributed by atoms with Crippen LogP contribution in [0.25, 0.3) is 0 Å². The summed E-state index contributed by atoms with van der Waals surface area (Å²) in [6.07, 6.45) is 0. The molecule has 7 nitrogen and oxygen atoms in total. The average molecular weight is 446 g/mol. The molecule has 0 bridgehead atoms. The summed E-state index contributed by atoms with van der Waals surface area (Å²) in [5, 5.41) is 0. The number of sulfonamides is 2. The molecule has 0 spiro atoms. The SMILES string of the molecule is Cc1ccc(S(=O)(=O)Nc2cccc(NS(=O)(=O)c3ccc(C)c(C)c3)n2)cc1C. The van der Waals surface area contributed by atoms with Gasteiger partial charge in [0.15, 0.2) is 0 Å². The maximum Gasteiger partial charge on any atom is 0.263 e. The van der Waals surface area contributed by atoms with Crippen molar-refractivity contribution in [1.82, 2.24) is 4.98 Å². The predicted octanol–water partition coefficient (Wildman–Crippen LogP) is 3.92. The van der Waals surface area contributed by atoms with E-state index in [1.807, 2.05) is 27.7 Å². The highest BCUT2D eigenvalue weighted by Gasteiger charge is 2.18. The lowest BCUT2D eigenvalue weighted by Crippen LogP contribution is -2.17. The molecule has 2 aromatic carbocycles. The van der Waals surface area contributed by atoms with E-state index in [0.717, 1.165) is 22.3 Å². The second-order valence-electron chi connectivity index (χ2n) is 7.11. The number of aryl methyl sites for hydroxylation is 4. The standard InChI is InChI=1S/C21H23N3O4S2/c1-14-8-10-18(12-16(14)3)29(25,26)23-20-6-5-7-21(22-20)24-30(27,28)19-11-9-15(2)17(4)13-19/h5-13H,1-4H3,(H2,22,23,24). The fourth-order valence-corrected chi connectivity index (χ4v) is 4.88. The van der Waals surface area contributed by atoms with E-state index in [1.165, 1.54) is 30.3 Å². The van der Waals surface area contributed by atoms with Crippen molar-refractivity contribution in [2.75, 3.05) is 9.44 Å². The zero-order chi connectivity index (χ0) is 22.1. The lowest BCUT2D eigenvalue weighted by Gasteiger charge is -2.12. The van der Waals surface area contributed by atoms with Gasteiger partial charge in [0.1, 0.15) is 11.6 Å². The van der Waals surface area contributed by atoms with Gasteiger partial charge in [-0.1, -0.05) is 18.2 Å². The van der Waals surface area contributed by atoms with Gasteiger partial charge in [0.2, 0.25) is 0 Å². The van der Waals surface area contributed by atoms with Crippen LogP contribution < -0.4 is 9.44 Å². The summed E-state index contributed by atoms with van der Waals surface area (Å²) in [6, 6.07) is 14.0. The molecule has 0 saturated carbocycles. The van der Waals surface area contributed by atoms with Crippen molar-refractivity contribution < 1.29 is 16.8 Å². The highest BCUT2D eigenvalue weighted by atomic mass is 32.2. The maximum atomic E-state index is 12.7. The van der Waals surface area contributed by atoms with Gasteiger partial charge in [-0.15, -0.1) is 0 Å². The molecule has 0 aliphatic heterocycles. The normalized spacial score (nSPS) is 11.9. The summed E-state index contributed by atoms with van der Waals surface area (Å²) < 4.78 is 55.4. The number of nitrogens with one attached hydrogen (secondary N) is 2. The Morgan fingerprint density at radius 3 is 1.37 bits per heavy atom. The Morgan fingerprint density at radius 1 is 0.600 bits per heavy atom. The molecule has 3 rings (SSSR count). The van der Waals surface area contributed by atoms with Gasteiger partial charge in [0.05, 0.1) is 9.79 Å². The Kier molecular flexibility index (Phi) is 5.87. The molecular weight excluding hydrogens is 422 g/mol. The van der Waals surface area contributed by atoms with E-state index in [-0.39, 0.29) is 21.4 Å². The third kappa shape index (κ3) is 4.80. The number of hydrogen-bond acceptors (Lipinski definition) is 5. The molecule has 0 amide bonds. The van der Waals surface area contributed by atoms with Gasteiger partial charge >= 0.3 is 0 Å². The molecule has 0 aliphatic rings. The van der Waals surface area contributed by atoms with Crippen LogP contribution in [-0.4, -0.2) is 21.8 Å². The highest BCUT2D eigenvalue weighted by Crippen LogP contribution is 2.21. The zero-order valence-electron chi connectivity index (χ0n) is 17.1. The minimum absolute atomic E-state index is 0.00788. The summed E-state index contributed by atoms with van der Waals surface area (Å²) in [5.74, 6) is 0.0158. The van der Waals surface area contributed by atoms with Crippen molar-refractivity contribution in [1.29, 1.82) is 0 Å². The minimum Gasteiger partial charge on any atom is -0.263 e. The monoisotopic (exact) mass is 445 g/mol. The Bertz CT molecular complexity index is 1220. The first-order valence-corrected chi connectivity index (χ1v) is 12.1. The number of hydrogen-bond donors (Lipinski definition) is 2. The summed E-state index contributed by atoms with van der Waals surface area (Å²) in [6.45, 7) is 7.45. The smallest absolute Gasteiger partial charge is 0.263 e. The van der Waals surface area contributed by atoms with Crippen LogP contribution in [0.15, 0.2) is 64.4 Å². The van der Waals surface area contributed by atoms with Crippen molar-refractivity contribution in [3.8, 4) is 0 Å². The van der Waals surface area contributed by atoms with E-state index in [2.05, 4.69) is 14.4 Å². The fraction of sp³-hybridized carbons (Fsp3) is 0.190. The lowest BCUT2D eigenvalue weighted by atomic mass is 10.1. The van der Waals surface area contributed by atoms with Crippen LogP contribution in [0.4, 0.5) is 11.6 Å². The van der Waals surface area contributed by atoms with E-state index in [1.54, 1.807) is 24.3 Å². The number of aromatic nitrogens is 1. The van der Waals surface area contributed by atoms with E-state index in [9.17, 15) is 16.8 Å². The Morgan fingerprint density at radius 2 is 1.00 bits per heavy atom. The van der Waals surface area contributed by atoms with Gasteiger partial charge in [0, 0.05) is 0 Å². The van der Waals surface area contributed by atoms with Crippen molar-refractivity contribution >= 4 is 31.7 Å². The van der Waals surface area contributed by atoms with Crippen molar-refractivity contribution in [3.05, 3.63) is 76.9 Å². The van der Waals surface area contributed by atoms with Crippen molar-refractivity contribution in [2.45, 2.75) is 37.5 Å². The Labute approximate surface area is 177 Å². The third-order valence-electron chi connectivity index (χ3n) is 4.80. The lowest BCUT2D eigenvalue weighted by molar-refractivity contribution is 0.599. The highest BCUT2D eigenvalue weighted by molar-refractivity contribution is 7.93. The molecule has 0 radical (unpaired) electrons. The van der Waals surface area contributed by atoms with E-state index < -0.39 is 20.0 Å². The van der Waals surface area contributed by atoms with Crippen LogP contribution in [0.3, 0.4) is 0 Å². The number of nitrogens with zero attached hydrogens (tertiary/aromatic N) is 1. The molecule has 158 valence electrons. The number of rotatable bonds is 6. The molecule has 0 fully saturated rings. The second-order valence-corrected chi connectivity index (χ2v) is 10.5. The van der Waals surface area contributed by atoms with Gasteiger partial charge in [-0.05, 0) is 86.3 Å². The van der Waals surface area contributed by atoms with Crippen molar-refractivity contribution in [2.24, 2.45) is 0 Å². The molecule has 30 heavy (non-hydrogen) atoms. The van der Waals surface area contributed by atoms with Gasteiger partial charge in [-0.25, -0.2) is 21.8 Å². The first-order chi connectivity index (χ1) is 14.0. The fourth-order valence-electron chi connectivity index (χ4n) is 2.70. The van der Waals surface area contributed by atoms with Crippen LogP contribution in [0.5, 0.6) is 0 Å². The summed E-state index contributed by atoms with van der Waals surface area (Å²) in [7, 11) is -7.73. The van der Waals surface area contributed by atoms with E-state index >= 15 is 0 Å². The molecule has 0 unspecified atom stereocenters. The van der Waals surface area contributed by atoms with Crippen LogP contribution in [0, 0.1) is 27.7 Å². The molecule has 3 aromatic rings. The molecular formula is C21H23N3O4S2. The number of anilines is 2. The molecule has 9 heteroatoms. The van der Waals surface area contributed by atoms with Crippen molar-refractivity contribution in [3.63, 3.8) is 0 Å². The Hall–Kier alpha value is -2.91. The third-order valence-corrected chi connectivity index (χ3v) is 7.51. The summed E-state index contributed by atoms with van der Waals surface area (Å²) in [4.78, 5) is 4.30. The average Bonchev–Trinajstić information content (AvgIpc) is 2.65. The quantitative estimate of drug-likeness (QED) is 0.598. The molecule has 0 aliphatic carbocycles. The molecule has 0 atom stereocenters. The summed E-state index contributed by atoms with van der Waals surface area (Å²) in [5.41, 5.74) is 3.66. The zero-order valence-corrected chi connectivity index (χ0v) is 18.7. The van der Waals surface area contributed by atoms with Crippen LogP contribution in [0.1, 0.15) is 22.3 Å².